The van der Waals surface area contributed by atoms with Crippen LogP contribution in [0.25, 0.3) is 0 Å². The lowest BCUT2D eigenvalue weighted by molar-refractivity contribution is -0.140. The average Bonchev–Trinajstić information content (AvgIpc) is 3.05. The molecule has 0 aliphatic rings. The van der Waals surface area contributed by atoms with Crippen molar-refractivity contribution >= 4 is 23.2 Å². The van der Waals surface area contributed by atoms with Gasteiger partial charge in [0.2, 0.25) is 0 Å². The minimum atomic E-state index is -0.313. The van der Waals surface area contributed by atoms with Crippen LogP contribution in [-0.2, 0) is 16.1 Å². The minimum absolute atomic E-state index is 0.0576. The summed E-state index contributed by atoms with van der Waals surface area (Å²) in [7, 11) is 1.35. The third kappa shape index (κ3) is 4.43. The highest BCUT2D eigenvalue weighted by molar-refractivity contribution is 7.12. The molecule has 110 valence electrons. The predicted octanol–water partition coefficient (Wildman–Crippen LogP) is 2.95. The highest BCUT2D eigenvalue weighted by atomic mass is 32.1. The molecule has 1 amide bonds. The van der Waals surface area contributed by atoms with Gasteiger partial charge in [-0.25, -0.2) is 0 Å². The van der Waals surface area contributed by atoms with Crippen molar-refractivity contribution in [2.24, 2.45) is 0 Å². The van der Waals surface area contributed by atoms with Crippen LogP contribution in [0.3, 0.4) is 0 Å². The summed E-state index contributed by atoms with van der Waals surface area (Å²) in [4.78, 5) is 26.2. The van der Waals surface area contributed by atoms with Crippen molar-refractivity contribution < 1.29 is 14.3 Å². The van der Waals surface area contributed by atoms with Crippen LogP contribution < -0.4 is 0 Å². The SMILES string of the molecule is COC(=O)CCN(Cc1ccccc1)C(=O)c1cccs1. The Bertz CT molecular complexity index is 581. The van der Waals surface area contributed by atoms with Crippen LogP contribution in [-0.4, -0.2) is 30.4 Å². The number of hydrogen-bond acceptors (Lipinski definition) is 4. The molecule has 0 N–H and O–H groups in total. The van der Waals surface area contributed by atoms with E-state index in [1.54, 1.807) is 11.0 Å². The Kier molecular flexibility index (Phi) is 5.51. The number of benzene rings is 1. The molecule has 0 aliphatic heterocycles. The number of methoxy groups -OCH3 is 1. The number of carbonyl (C=O) groups is 2. The van der Waals surface area contributed by atoms with Gasteiger partial charge < -0.3 is 9.64 Å². The Balaban J connectivity index is 2.10. The van der Waals surface area contributed by atoms with Crippen molar-refractivity contribution in [1.29, 1.82) is 0 Å². The molecule has 2 aromatic rings. The summed E-state index contributed by atoms with van der Waals surface area (Å²) >= 11 is 1.40. The van der Waals surface area contributed by atoms with E-state index in [4.69, 9.17) is 0 Å². The van der Waals surface area contributed by atoms with E-state index in [1.165, 1.54) is 18.4 Å². The van der Waals surface area contributed by atoms with Crippen LogP contribution in [0, 0.1) is 0 Å². The maximum Gasteiger partial charge on any atom is 0.307 e. The third-order valence-corrected chi connectivity index (χ3v) is 3.91. The van der Waals surface area contributed by atoms with E-state index < -0.39 is 0 Å². The first kappa shape index (κ1) is 15.3. The van der Waals surface area contributed by atoms with Crippen LogP contribution in [0.1, 0.15) is 21.7 Å². The van der Waals surface area contributed by atoms with Gasteiger partial charge in [0.1, 0.15) is 0 Å². The van der Waals surface area contributed by atoms with E-state index in [1.807, 2.05) is 41.8 Å². The quantitative estimate of drug-likeness (QED) is 0.771. The van der Waals surface area contributed by atoms with E-state index in [0.717, 1.165) is 5.56 Å². The Labute approximate surface area is 128 Å². The monoisotopic (exact) mass is 303 g/mol. The van der Waals surface area contributed by atoms with Crippen molar-refractivity contribution in [3.8, 4) is 0 Å². The fourth-order valence-corrected chi connectivity index (χ4v) is 2.63. The van der Waals surface area contributed by atoms with Gasteiger partial charge >= 0.3 is 5.97 Å². The van der Waals surface area contributed by atoms with Gasteiger partial charge in [0, 0.05) is 13.1 Å². The number of rotatable bonds is 6. The molecule has 21 heavy (non-hydrogen) atoms. The molecular weight excluding hydrogens is 286 g/mol. The zero-order valence-electron chi connectivity index (χ0n) is 11.8. The highest BCUT2D eigenvalue weighted by Gasteiger charge is 2.18. The van der Waals surface area contributed by atoms with E-state index in [9.17, 15) is 9.59 Å². The van der Waals surface area contributed by atoms with Gasteiger partial charge in [-0.1, -0.05) is 36.4 Å². The summed E-state index contributed by atoms with van der Waals surface area (Å²) < 4.78 is 4.65. The number of thiophene rings is 1. The van der Waals surface area contributed by atoms with Crippen LogP contribution in [0.2, 0.25) is 0 Å². The summed E-state index contributed by atoms with van der Waals surface area (Å²) in [6.07, 6.45) is 0.195. The zero-order valence-corrected chi connectivity index (χ0v) is 12.6. The standard InChI is InChI=1S/C16H17NO3S/c1-20-15(18)9-10-17(12-13-6-3-2-4-7-13)16(19)14-8-5-11-21-14/h2-8,11H,9-10,12H2,1H3. The fourth-order valence-electron chi connectivity index (χ4n) is 1.94. The average molecular weight is 303 g/mol. The maximum absolute atomic E-state index is 12.5. The van der Waals surface area contributed by atoms with Crippen LogP contribution in [0.4, 0.5) is 0 Å². The van der Waals surface area contributed by atoms with Crippen molar-refractivity contribution in [2.75, 3.05) is 13.7 Å². The lowest BCUT2D eigenvalue weighted by Crippen LogP contribution is -2.32. The van der Waals surface area contributed by atoms with Gasteiger partial charge in [0.15, 0.2) is 0 Å². The summed E-state index contributed by atoms with van der Waals surface area (Å²) in [6, 6.07) is 13.4. The molecule has 5 heteroatoms. The molecule has 1 heterocycles. The second-order valence-electron chi connectivity index (χ2n) is 4.52. The molecule has 1 aromatic carbocycles. The molecule has 4 nitrogen and oxygen atoms in total. The Morgan fingerprint density at radius 3 is 2.52 bits per heavy atom. The number of nitrogens with zero attached hydrogens (tertiary/aromatic N) is 1. The highest BCUT2D eigenvalue weighted by Crippen LogP contribution is 2.15. The molecule has 0 unspecified atom stereocenters. The van der Waals surface area contributed by atoms with E-state index >= 15 is 0 Å². The molecule has 0 radical (unpaired) electrons. The largest absolute Gasteiger partial charge is 0.469 e. The maximum atomic E-state index is 12.5. The third-order valence-electron chi connectivity index (χ3n) is 3.05. The lowest BCUT2D eigenvalue weighted by atomic mass is 10.2. The van der Waals surface area contributed by atoms with E-state index in [-0.39, 0.29) is 18.3 Å². The van der Waals surface area contributed by atoms with Crippen LogP contribution >= 0.6 is 11.3 Å². The second-order valence-corrected chi connectivity index (χ2v) is 5.46. The first-order chi connectivity index (χ1) is 10.2. The number of amides is 1. The number of hydrogen-bond donors (Lipinski definition) is 0. The first-order valence-electron chi connectivity index (χ1n) is 6.64. The lowest BCUT2D eigenvalue weighted by Gasteiger charge is -2.21. The molecule has 0 fully saturated rings. The molecule has 0 spiro atoms. The normalized spacial score (nSPS) is 10.1. The Morgan fingerprint density at radius 2 is 1.90 bits per heavy atom. The van der Waals surface area contributed by atoms with E-state index in [2.05, 4.69) is 4.74 Å². The minimum Gasteiger partial charge on any atom is -0.469 e. The second kappa shape index (κ2) is 7.59. The van der Waals surface area contributed by atoms with Crippen molar-refractivity contribution in [3.63, 3.8) is 0 Å². The van der Waals surface area contributed by atoms with Crippen molar-refractivity contribution in [1.82, 2.24) is 4.90 Å². The zero-order chi connectivity index (χ0) is 15.1. The number of ether oxygens (including phenoxy) is 1. The Morgan fingerprint density at radius 1 is 1.14 bits per heavy atom. The van der Waals surface area contributed by atoms with Crippen LogP contribution in [0.15, 0.2) is 47.8 Å². The number of esters is 1. The molecular formula is C16H17NO3S. The van der Waals surface area contributed by atoms with Gasteiger partial charge in [-0.3, -0.25) is 9.59 Å². The van der Waals surface area contributed by atoms with E-state index in [0.29, 0.717) is 18.0 Å². The number of carbonyl (C=O) groups excluding carboxylic acids is 2. The van der Waals surface area contributed by atoms with Crippen molar-refractivity contribution in [3.05, 3.63) is 58.3 Å². The topological polar surface area (TPSA) is 46.6 Å². The summed E-state index contributed by atoms with van der Waals surface area (Å²) in [5.74, 6) is -0.371. The van der Waals surface area contributed by atoms with Gasteiger partial charge in [-0.2, -0.15) is 0 Å². The first-order valence-corrected chi connectivity index (χ1v) is 7.52. The summed E-state index contributed by atoms with van der Waals surface area (Å²) in [5.41, 5.74) is 1.03. The van der Waals surface area contributed by atoms with Crippen molar-refractivity contribution in [2.45, 2.75) is 13.0 Å². The summed E-state index contributed by atoms with van der Waals surface area (Å²) in [6.45, 7) is 0.826. The molecule has 0 saturated carbocycles. The van der Waals surface area contributed by atoms with Gasteiger partial charge in [0.05, 0.1) is 18.4 Å². The smallest absolute Gasteiger partial charge is 0.307 e. The molecule has 2 rings (SSSR count). The molecule has 0 aliphatic carbocycles. The Hall–Kier alpha value is -2.14. The van der Waals surface area contributed by atoms with Gasteiger partial charge in [-0.15, -0.1) is 11.3 Å². The molecule has 0 atom stereocenters. The van der Waals surface area contributed by atoms with Gasteiger partial charge in [-0.05, 0) is 17.0 Å². The molecule has 0 saturated heterocycles. The molecule has 1 aromatic heterocycles. The molecule has 0 bridgehead atoms. The summed E-state index contributed by atoms with van der Waals surface area (Å²) in [5, 5.41) is 1.87. The van der Waals surface area contributed by atoms with Gasteiger partial charge in [0.25, 0.3) is 5.91 Å². The predicted molar refractivity (Wildman–Crippen MR) is 82.1 cm³/mol. The van der Waals surface area contributed by atoms with Crippen LogP contribution in [0.5, 0.6) is 0 Å². The fraction of sp³-hybridized carbons (Fsp3) is 0.250.